The second-order valence-corrected chi connectivity index (χ2v) is 5.38. The predicted octanol–water partition coefficient (Wildman–Crippen LogP) is 2.35. The molecule has 0 amide bonds. The fourth-order valence-corrected chi connectivity index (χ4v) is 2.18. The number of hydrogen-bond donors (Lipinski definition) is 0. The minimum absolute atomic E-state index is 0.558. The molecule has 0 N–H and O–H groups in total. The standard InChI is InChI=1S/C14H23N3/c1-11(2)13-5-6-14(15-9-13)17-8-7-16(4)12(3)10-17/h5-6,9,11-12H,7-8,10H2,1-4H3/t12-/m0/s1. The van der Waals surface area contributed by atoms with E-state index < -0.39 is 0 Å². The molecule has 2 rings (SSSR count). The molecule has 0 aliphatic carbocycles. The molecule has 1 aliphatic rings. The molecular weight excluding hydrogens is 210 g/mol. The second kappa shape index (κ2) is 5.05. The van der Waals surface area contributed by atoms with Gasteiger partial charge in [0.15, 0.2) is 0 Å². The highest BCUT2D eigenvalue weighted by atomic mass is 15.3. The number of piperazine rings is 1. The van der Waals surface area contributed by atoms with E-state index in [2.05, 4.69) is 54.7 Å². The highest BCUT2D eigenvalue weighted by Crippen LogP contribution is 2.19. The number of hydrogen-bond acceptors (Lipinski definition) is 3. The molecule has 0 radical (unpaired) electrons. The van der Waals surface area contributed by atoms with Crippen LogP contribution in [0.2, 0.25) is 0 Å². The molecule has 94 valence electrons. The minimum atomic E-state index is 0.558. The van der Waals surface area contributed by atoms with Crippen LogP contribution in [-0.4, -0.2) is 42.6 Å². The molecule has 0 saturated carbocycles. The van der Waals surface area contributed by atoms with Crippen molar-refractivity contribution in [3.8, 4) is 0 Å². The first-order valence-electron chi connectivity index (χ1n) is 6.49. The number of nitrogens with zero attached hydrogens (tertiary/aromatic N) is 3. The summed E-state index contributed by atoms with van der Waals surface area (Å²) in [5.74, 6) is 1.68. The zero-order chi connectivity index (χ0) is 12.4. The van der Waals surface area contributed by atoms with Gasteiger partial charge in [0.25, 0.3) is 0 Å². The van der Waals surface area contributed by atoms with Crippen LogP contribution in [0.1, 0.15) is 32.3 Å². The molecule has 0 spiro atoms. The molecule has 17 heavy (non-hydrogen) atoms. The predicted molar refractivity (Wildman–Crippen MR) is 72.6 cm³/mol. The summed E-state index contributed by atoms with van der Waals surface area (Å²) in [6.07, 6.45) is 2.02. The lowest BCUT2D eigenvalue weighted by molar-refractivity contribution is 0.233. The van der Waals surface area contributed by atoms with Crippen LogP contribution in [-0.2, 0) is 0 Å². The van der Waals surface area contributed by atoms with Gasteiger partial charge in [0.1, 0.15) is 5.82 Å². The summed E-state index contributed by atoms with van der Waals surface area (Å²) >= 11 is 0. The zero-order valence-corrected chi connectivity index (χ0v) is 11.3. The largest absolute Gasteiger partial charge is 0.354 e. The normalized spacial score (nSPS) is 22.2. The second-order valence-electron chi connectivity index (χ2n) is 5.38. The molecule has 1 aromatic rings. The van der Waals surface area contributed by atoms with Gasteiger partial charge in [-0.05, 0) is 31.5 Å². The van der Waals surface area contributed by atoms with Crippen LogP contribution >= 0.6 is 0 Å². The molecule has 1 saturated heterocycles. The van der Waals surface area contributed by atoms with Crippen LogP contribution < -0.4 is 4.90 Å². The van der Waals surface area contributed by atoms with Crippen molar-refractivity contribution >= 4 is 5.82 Å². The van der Waals surface area contributed by atoms with Gasteiger partial charge in [-0.15, -0.1) is 0 Å². The summed E-state index contributed by atoms with van der Waals surface area (Å²) in [5, 5.41) is 0. The van der Waals surface area contributed by atoms with Crippen molar-refractivity contribution in [2.24, 2.45) is 0 Å². The Bertz CT molecular complexity index is 358. The van der Waals surface area contributed by atoms with Crippen LogP contribution in [0.3, 0.4) is 0 Å². The Hall–Kier alpha value is -1.09. The summed E-state index contributed by atoms with van der Waals surface area (Å²) in [5.41, 5.74) is 1.32. The van der Waals surface area contributed by atoms with Crippen LogP contribution in [0.4, 0.5) is 5.82 Å². The number of anilines is 1. The van der Waals surface area contributed by atoms with E-state index in [0.717, 1.165) is 25.5 Å². The number of pyridine rings is 1. The van der Waals surface area contributed by atoms with Crippen molar-refractivity contribution in [3.05, 3.63) is 23.9 Å². The van der Waals surface area contributed by atoms with Gasteiger partial charge in [-0.25, -0.2) is 4.98 Å². The Kier molecular flexibility index (Phi) is 3.67. The van der Waals surface area contributed by atoms with E-state index in [1.165, 1.54) is 5.56 Å². The Balaban J connectivity index is 2.07. The van der Waals surface area contributed by atoms with E-state index in [-0.39, 0.29) is 0 Å². The quantitative estimate of drug-likeness (QED) is 0.781. The van der Waals surface area contributed by atoms with E-state index in [1.54, 1.807) is 0 Å². The van der Waals surface area contributed by atoms with Crippen LogP contribution in [0.25, 0.3) is 0 Å². The molecule has 2 heterocycles. The summed E-state index contributed by atoms with van der Waals surface area (Å²) in [4.78, 5) is 9.38. The summed E-state index contributed by atoms with van der Waals surface area (Å²) in [7, 11) is 2.19. The van der Waals surface area contributed by atoms with Gasteiger partial charge in [0, 0.05) is 31.9 Å². The first-order valence-corrected chi connectivity index (χ1v) is 6.49. The summed E-state index contributed by atoms with van der Waals surface area (Å²) in [6, 6.07) is 4.97. The number of likely N-dealkylation sites (N-methyl/N-ethyl adjacent to an activating group) is 1. The van der Waals surface area contributed by atoms with Crippen LogP contribution in [0.5, 0.6) is 0 Å². The maximum Gasteiger partial charge on any atom is 0.128 e. The van der Waals surface area contributed by atoms with Crippen molar-refractivity contribution in [1.82, 2.24) is 9.88 Å². The average Bonchev–Trinajstić information content (AvgIpc) is 2.33. The highest BCUT2D eigenvalue weighted by Gasteiger charge is 2.21. The summed E-state index contributed by atoms with van der Waals surface area (Å²) < 4.78 is 0. The van der Waals surface area contributed by atoms with E-state index in [1.807, 2.05) is 6.20 Å². The van der Waals surface area contributed by atoms with Gasteiger partial charge >= 0.3 is 0 Å². The molecule has 3 heteroatoms. The topological polar surface area (TPSA) is 19.4 Å². The molecular formula is C14H23N3. The number of aromatic nitrogens is 1. The maximum absolute atomic E-state index is 4.59. The summed E-state index contributed by atoms with van der Waals surface area (Å²) in [6.45, 7) is 9.95. The first kappa shape index (κ1) is 12.4. The molecule has 1 atom stereocenters. The minimum Gasteiger partial charge on any atom is -0.354 e. The SMILES string of the molecule is CC(C)c1ccc(N2CCN(C)[C@@H](C)C2)nc1. The first-order chi connectivity index (χ1) is 8.08. The molecule has 1 aromatic heterocycles. The van der Waals surface area contributed by atoms with E-state index in [9.17, 15) is 0 Å². The van der Waals surface area contributed by atoms with Crippen molar-refractivity contribution in [1.29, 1.82) is 0 Å². The smallest absolute Gasteiger partial charge is 0.128 e. The van der Waals surface area contributed by atoms with Crippen LogP contribution in [0.15, 0.2) is 18.3 Å². The lowest BCUT2D eigenvalue weighted by atomic mass is 10.1. The van der Waals surface area contributed by atoms with Gasteiger partial charge in [-0.3, -0.25) is 0 Å². The van der Waals surface area contributed by atoms with Gasteiger partial charge in [-0.1, -0.05) is 19.9 Å². The van der Waals surface area contributed by atoms with Crippen molar-refractivity contribution < 1.29 is 0 Å². The molecule has 1 aliphatic heterocycles. The van der Waals surface area contributed by atoms with Crippen molar-refractivity contribution in [2.75, 3.05) is 31.6 Å². The Morgan fingerprint density at radius 1 is 1.29 bits per heavy atom. The number of rotatable bonds is 2. The molecule has 1 fully saturated rings. The monoisotopic (exact) mass is 233 g/mol. The van der Waals surface area contributed by atoms with Gasteiger partial charge in [-0.2, -0.15) is 0 Å². The average molecular weight is 233 g/mol. The third-order valence-corrected chi connectivity index (χ3v) is 3.72. The zero-order valence-electron chi connectivity index (χ0n) is 11.3. The Morgan fingerprint density at radius 3 is 2.59 bits per heavy atom. The van der Waals surface area contributed by atoms with Gasteiger partial charge < -0.3 is 9.80 Å². The van der Waals surface area contributed by atoms with Crippen molar-refractivity contribution in [3.63, 3.8) is 0 Å². The lowest BCUT2D eigenvalue weighted by Crippen LogP contribution is -2.50. The molecule has 3 nitrogen and oxygen atoms in total. The van der Waals surface area contributed by atoms with E-state index in [4.69, 9.17) is 0 Å². The Labute approximate surface area is 104 Å². The van der Waals surface area contributed by atoms with Crippen LogP contribution in [0, 0.1) is 0 Å². The molecule has 0 unspecified atom stereocenters. The fraction of sp³-hybridized carbons (Fsp3) is 0.643. The van der Waals surface area contributed by atoms with Gasteiger partial charge in [0.2, 0.25) is 0 Å². The van der Waals surface area contributed by atoms with Crippen molar-refractivity contribution in [2.45, 2.75) is 32.7 Å². The highest BCUT2D eigenvalue weighted by molar-refractivity contribution is 5.40. The van der Waals surface area contributed by atoms with E-state index in [0.29, 0.717) is 12.0 Å². The fourth-order valence-electron chi connectivity index (χ4n) is 2.18. The van der Waals surface area contributed by atoms with E-state index >= 15 is 0 Å². The van der Waals surface area contributed by atoms with Gasteiger partial charge in [0.05, 0.1) is 0 Å². The third-order valence-electron chi connectivity index (χ3n) is 3.72. The molecule has 0 bridgehead atoms. The third kappa shape index (κ3) is 2.78. The lowest BCUT2D eigenvalue weighted by Gasteiger charge is -2.38. The maximum atomic E-state index is 4.59. The molecule has 0 aromatic carbocycles. The Morgan fingerprint density at radius 2 is 2.06 bits per heavy atom.